The maximum absolute atomic E-state index is 12.7. The molecule has 0 amide bonds. The molecule has 0 radical (unpaired) electrons. The standard InChI is InChI=1S/C22H20F3N3O3/c1-29-18-8-5-15(13-19(18)30-2)9-11-26-14-16-3-6-17(7-4-16)31-21-27-12-10-20(28-21)22(23,24)25/h3-8,10,12-14H,9,11H2,1-2H3. The van der Waals surface area contributed by atoms with Gasteiger partial charge in [-0.2, -0.15) is 18.2 Å². The van der Waals surface area contributed by atoms with E-state index in [2.05, 4.69) is 15.0 Å². The Hall–Kier alpha value is -3.62. The number of hydrogen-bond acceptors (Lipinski definition) is 6. The number of halogens is 3. The monoisotopic (exact) mass is 431 g/mol. The first-order valence-electron chi connectivity index (χ1n) is 9.28. The fourth-order valence-electron chi connectivity index (χ4n) is 2.67. The smallest absolute Gasteiger partial charge is 0.433 e. The van der Waals surface area contributed by atoms with Gasteiger partial charge in [0.2, 0.25) is 0 Å². The molecule has 162 valence electrons. The molecule has 0 aliphatic carbocycles. The third-order valence-corrected chi connectivity index (χ3v) is 4.23. The highest BCUT2D eigenvalue weighted by Crippen LogP contribution is 2.29. The summed E-state index contributed by atoms with van der Waals surface area (Å²) in [6.45, 7) is 0.575. The third kappa shape index (κ3) is 6.18. The number of rotatable bonds is 8. The van der Waals surface area contributed by atoms with Crippen molar-refractivity contribution in [2.45, 2.75) is 12.6 Å². The van der Waals surface area contributed by atoms with Crippen LogP contribution in [0.25, 0.3) is 0 Å². The van der Waals surface area contributed by atoms with Crippen molar-refractivity contribution in [3.8, 4) is 23.3 Å². The molecule has 0 aliphatic heterocycles. The van der Waals surface area contributed by atoms with E-state index in [0.717, 1.165) is 29.8 Å². The van der Waals surface area contributed by atoms with Gasteiger partial charge in [-0.3, -0.25) is 4.99 Å². The summed E-state index contributed by atoms with van der Waals surface area (Å²) in [4.78, 5) is 11.5. The fourth-order valence-corrected chi connectivity index (χ4v) is 2.67. The zero-order valence-electron chi connectivity index (χ0n) is 16.9. The van der Waals surface area contributed by atoms with E-state index in [1.54, 1.807) is 44.7 Å². The molecule has 3 aromatic rings. The van der Waals surface area contributed by atoms with Crippen molar-refractivity contribution in [3.05, 3.63) is 71.5 Å². The first-order valence-corrected chi connectivity index (χ1v) is 9.28. The predicted octanol–water partition coefficient (Wildman–Crippen LogP) is 4.97. The van der Waals surface area contributed by atoms with Crippen LogP contribution >= 0.6 is 0 Å². The average Bonchev–Trinajstić information content (AvgIpc) is 2.77. The van der Waals surface area contributed by atoms with E-state index in [0.29, 0.717) is 23.8 Å². The van der Waals surface area contributed by atoms with Crippen molar-refractivity contribution < 1.29 is 27.4 Å². The number of nitrogens with zero attached hydrogens (tertiary/aromatic N) is 3. The second-order valence-electron chi connectivity index (χ2n) is 6.37. The maximum Gasteiger partial charge on any atom is 0.433 e. The van der Waals surface area contributed by atoms with Gasteiger partial charge in [0, 0.05) is 19.0 Å². The molecule has 1 aromatic heterocycles. The van der Waals surface area contributed by atoms with Crippen LogP contribution in [0.2, 0.25) is 0 Å². The molecule has 31 heavy (non-hydrogen) atoms. The number of benzene rings is 2. The molecule has 9 heteroatoms. The summed E-state index contributed by atoms with van der Waals surface area (Å²) >= 11 is 0. The summed E-state index contributed by atoms with van der Waals surface area (Å²) in [5, 5.41) is 0. The SMILES string of the molecule is COc1ccc(CCN=Cc2ccc(Oc3nccc(C(F)(F)F)n3)cc2)cc1OC. The zero-order valence-corrected chi connectivity index (χ0v) is 16.9. The summed E-state index contributed by atoms with van der Waals surface area (Å²) in [5.41, 5.74) is 0.833. The van der Waals surface area contributed by atoms with Crippen molar-refractivity contribution in [2.24, 2.45) is 4.99 Å². The number of alkyl halides is 3. The zero-order chi connectivity index (χ0) is 22.3. The number of methoxy groups -OCH3 is 2. The largest absolute Gasteiger partial charge is 0.493 e. The summed E-state index contributed by atoms with van der Waals surface area (Å²) in [5.74, 6) is 1.67. The van der Waals surface area contributed by atoms with Crippen LogP contribution in [0, 0.1) is 0 Å². The lowest BCUT2D eigenvalue weighted by Crippen LogP contribution is -2.08. The predicted molar refractivity (Wildman–Crippen MR) is 109 cm³/mol. The Labute approximate surface area is 177 Å². The van der Waals surface area contributed by atoms with E-state index in [-0.39, 0.29) is 6.01 Å². The van der Waals surface area contributed by atoms with E-state index >= 15 is 0 Å². The topological polar surface area (TPSA) is 65.8 Å². The molecule has 0 spiro atoms. The van der Waals surface area contributed by atoms with Crippen molar-refractivity contribution in [1.29, 1.82) is 0 Å². The molecule has 1 heterocycles. The molecule has 2 aromatic carbocycles. The van der Waals surface area contributed by atoms with Gasteiger partial charge >= 0.3 is 12.2 Å². The Morgan fingerprint density at radius 3 is 2.39 bits per heavy atom. The summed E-state index contributed by atoms with van der Waals surface area (Å²) < 4.78 is 54.0. The first kappa shape index (κ1) is 22.1. The summed E-state index contributed by atoms with van der Waals surface area (Å²) in [6.07, 6.45) is -1.11. The van der Waals surface area contributed by atoms with Gasteiger partial charge < -0.3 is 14.2 Å². The van der Waals surface area contributed by atoms with Gasteiger partial charge in [0.1, 0.15) is 5.75 Å². The van der Waals surface area contributed by atoms with Crippen LogP contribution in [0.4, 0.5) is 13.2 Å². The lowest BCUT2D eigenvalue weighted by Gasteiger charge is -2.08. The van der Waals surface area contributed by atoms with Gasteiger partial charge in [-0.25, -0.2) is 4.98 Å². The average molecular weight is 431 g/mol. The van der Waals surface area contributed by atoms with Crippen LogP contribution < -0.4 is 14.2 Å². The Morgan fingerprint density at radius 2 is 1.71 bits per heavy atom. The van der Waals surface area contributed by atoms with E-state index in [9.17, 15) is 13.2 Å². The van der Waals surface area contributed by atoms with Crippen LogP contribution in [-0.2, 0) is 12.6 Å². The molecule has 0 fully saturated rings. The molecule has 0 saturated heterocycles. The summed E-state index contributed by atoms with van der Waals surface area (Å²) in [7, 11) is 3.18. The lowest BCUT2D eigenvalue weighted by molar-refractivity contribution is -0.141. The third-order valence-electron chi connectivity index (χ3n) is 4.23. The molecule has 0 unspecified atom stereocenters. The van der Waals surface area contributed by atoms with Crippen LogP contribution in [0.1, 0.15) is 16.8 Å². The maximum atomic E-state index is 12.7. The first-order chi connectivity index (χ1) is 14.9. The lowest BCUT2D eigenvalue weighted by atomic mass is 10.1. The molecule has 0 atom stereocenters. The van der Waals surface area contributed by atoms with Gasteiger partial charge in [0.05, 0.1) is 14.2 Å². The quantitative estimate of drug-likeness (QED) is 0.472. The normalized spacial score (nSPS) is 11.5. The van der Waals surface area contributed by atoms with Crippen molar-refractivity contribution in [3.63, 3.8) is 0 Å². The number of aliphatic imine (C=N–C) groups is 1. The van der Waals surface area contributed by atoms with Crippen LogP contribution in [0.3, 0.4) is 0 Å². The summed E-state index contributed by atoms with van der Waals surface area (Å²) in [6, 6.07) is 12.8. The number of ether oxygens (including phenoxy) is 3. The van der Waals surface area contributed by atoms with Gasteiger partial charge in [0.25, 0.3) is 0 Å². The minimum Gasteiger partial charge on any atom is -0.493 e. The molecular formula is C22H20F3N3O3. The van der Waals surface area contributed by atoms with E-state index in [1.807, 2.05) is 18.2 Å². The van der Waals surface area contributed by atoms with Gasteiger partial charge in [0.15, 0.2) is 17.2 Å². The van der Waals surface area contributed by atoms with Gasteiger partial charge in [-0.15, -0.1) is 0 Å². The van der Waals surface area contributed by atoms with Crippen LogP contribution in [-0.4, -0.2) is 36.9 Å². The van der Waals surface area contributed by atoms with Gasteiger partial charge in [-0.1, -0.05) is 6.07 Å². The minimum atomic E-state index is -4.56. The highest BCUT2D eigenvalue weighted by atomic mass is 19.4. The van der Waals surface area contributed by atoms with Crippen LogP contribution in [0.5, 0.6) is 23.3 Å². The Bertz CT molecular complexity index is 1040. The Morgan fingerprint density at radius 1 is 0.968 bits per heavy atom. The fraction of sp³-hybridized carbons (Fsp3) is 0.227. The minimum absolute atomic E-state index is 0.321. The Kier molecular flexibility index (Phi) is 7.07. The number of hydrogen-bond donors (Lipinski definition) is 0. The molecule has 0 saturated carbocycles. The van der Waals surface area contributed by atoms with E-state index < -0.39 is 11.9 Å². The highest BCUT2D eigenvalue weighted by molar-refractivity contribution is 5.79. The molecule has 0 bridgehead atoms. The van der Waals surface area contributed by atoms with Crippen molar-refractivity contribution in [1.82, 2.24) is 9.97 Å². The second kappa shape index (κ2) is 9.92. The molecule has 6 nitrogen and oxygen atoms in total. The molecular weight excluding hydrogens is 411 g/mol. The van der Waals surface area contributed by atoms with Crippen molar-refractivity contribution in [2.75, 3.05) is 20.8 Å². The van der Waals surface area contributed by atoms with E-state index in [1.165, 1.54) is 0 Å². The van der Waals surface area contributed by atoms with E-state index in [4.69, 9.17) is 14.2 Å². The molecule has 0 aliphatic rings. The van der Waals surface area contributed by atoms with Gasteiger partial charge in [-0.05, 0) is 60.0 Å². The number of aromatic nitrogens is 2. The Balaban J connectivity index is 1.55. The van der Waals surface area contributed by atoms with Crippen molar-refractivity contribution >= 4 is 6.21 Å². The van der Waals surface area contributed by atoms with Crippen LogP contribution in [0.15, 0.2) is 59.7 Å². The second-order valence-corrected chi connectivity index (χ2v) is 6.37. The highest BCUT2D eigenvalue weighted by Gasteiger charge is 2.33. The molecule has 3 rings (SSSR count). The molecule has 0 N–H and O–H groups in total.